The van der Waals surface area contributed by atoms with E-state index in [1.807, 2.05) is 6.07 Å². The Hall–Kier alpha value is -4.81. The molecule has 0 saturated carbocycles. The Bertz CT molecular complexity index is 1810. The molecular weight excluding hydrogens is 481 g/mol. The van der Waals surface area contributed by atoms with Crippen LogP contribution in [0, 0.1) is 17.1 Å². The third-order valence-corrected chi connectivity index (χ3v) is 6.83. The van der Waals surface area contributed by atoms with Crippen LogP contribution in [0.3, 0.4) is 0 Å². The number of nitrogens with one attached hydrogen (secondary N) is 1. The van der Waals surface area contributed by atoms with Crippen LogP contribution in [-0.4, -0.2) is 13.4 Å². The van der Waals surface area contributed by atoms with Gasteiger partial charge in [0.1, 0.15) is 23.0 Å². The van der Waals surface area contributed by atoms with Gasteiger partial charge in [-0.1, -0.05) is 48.5 Å². The number of sulfonamides is 1. The normalized spacial score (nSPS) is 11.2. The molecule has 36 heavy (non-hydrogen) atoms. The average Bonchev–Trinajstić information content (AvgIpc) is 2.89. The molecule has 0 bridgehead atoms. The molecule has 0 unspecified atom stereocenters. The first-order chi connectivity index (χ1) is 17.4. The molecule has 0 aliphatic rings. The number of fused-ring (bicyclic) bond motifs is 1. The van der Waals surface area contributed by atoms with Crippen molar-refractivity contribution in [1.82, 2.24) is 4.98 Å². The Morgan fingerprint density at radius 3 is 2.28 bits per heavy atom. The second kappa shape index (κ2) is 9.09. The summed E-state index contributed by atoms with van der Waals surface area (Å²) in [6.07, 6.45) is 0. The predicted molar refractivity (Wildman–Crippen MR) is 133 cm³/mol. The quantitative estimate of drug-likeness (QED) is 0.328. The first-order valence-corrected chi connectivity index (χ1v) is 12.2. The molecule has 7 nitrogen and oxygen atoms in total. The minimum absolute atomic E-state index is 0.0186. The maximum atomic E-state index is 13.8. The van der Waals surface area contributed by atoms with Crippen LogP contribution in [0.15, 0.2) is 105 Å². The molecule has 2 aromatic heterocycles. The molecule has 5 rings (SSSR count). The van der Waals surface area contributed by atoms with Gasteiger partial charge < -0.3 is 4.42 Å². The topological polar surface area (TPSA) is 113 Å². The number of rotatable bonds is 5. The van der Waals surface area contributed by atoms with E-state index in [1.54, 1.807) is 48.5 Å². The number of benzene rings is 3. The molecule has 3 aromatic carbocycles. The largest absolute Gasteiger partial charge is 0.422 e. The smallest absolute Gasteiger partial charge is 0.345 e. The molecule has 0 radical (unpaired) electrons. The summed E-state index contributed by atoms with van der Waals surface area (Å²) in [7, 11) is -4.11. The van der Waals surface area contributed by atoms with Crippen LogP contribution in [0.5, 0.6) is 0 Å². The Balaban J connectivity index is 1.76. The summed E-state index contributed by atoms with van der Waals surface area (Å²) in [5.74, 6) is -0.771. The van der Waals surface area contributed by atoms with Crippen LogP contribution in [0.4, 0.5) is 10.2 Å². The lowest BCUT2D eigenvalue weighted by Gasteiger charge is -2.14. The second-order valence-electron chi connectivity index (χ2n) is 7.80. The predicted octanol–water partition coefficient (Wildman–Crippen LogP) is 5.33. The molecule has 1 N–H and O–H groups in total. The summed E-state index contributed by atoms with van der Waals surface area (Å²) in [5.41, 5.74) is 0.407. The number of hydrogen-bond donors (Lipinski definition) is 1. The van der Waals surface area contributed by atoms with Crippen molar-refractivity contribution in [2.24, 2.45) is 0 Å². The first kappa shape index (κ1) is 23.0. The molecule has 176 valence electrons. The Morgan fingerprint density at radius 2 is 1.58 bits per heavy atom. The molecule has 0 aliphatic carbocycles. The third-order valence-electron chi connectivity index (χ3n) is 5.47. The maximum absolute atomic E-state index is 13.8. The number of nitriles is 1. The highest BCUT2D eigenvalue weighted by Gasteiger charge is 2.22. The molecule has 0 fully saturated rings. The van der Waals surface area contributed by atoms with Gasteiger partial charge in [-0.2, -0.15) is 5.26 Å². The van der Waals surface area contributed by atoms with Crippen molar-refractivity contribution >= 4 is 26.8 Å². The van der Waals surface area contributed by atoms with E-state index in [9.17, 15) is 22.9 Å². The first-order valence-electron chi connectivity index (χ1n) is 10.7. The highest BCUT2D eigenvalue weighted by atomic mass is 32.2. The highest BCUT2D eigenvalue weighted by Crippen LogP contribution is 2.33. The van der Waals surface area contributed by atoms with Crippen LogP contribution in [0.25, 0.3) is 33.4 Å². The van der Waals surface area contributed by atoms with Gasteiger partial charge in [-0.25, -0.2) is 22.6 Å². The number of anilines is 1. The van der Waals surface area contributed by atoms with Crippen molar-refractivity contribution in [1.29, 1.82) is 5.26 Å². The number of halogens is 1. The van der Waals surface area contributed by atoms with Crippen molar-refractivity contribution in [3.63, 3.8) is 0 Å². The molecule has 9 heteroatoms. The minimum atomic E-state index is -4.11. The van der Waals surface area contributed by atoms with Crippen molar-refractivity contribution in [2.45, 2.75) is 4.90 Å². The van der Waals surface area contributed by atoms with E-state index in [1.165, 1.54) is 42.5 Å². The fraction of sp³-hybridized carbons (Fsp3) is 0. The molecule has 5 aromatic rings. The van der Waals surface area contributed by atoms with Crippen molar-refractivity contribution in [3.8, 4) is 28.5 Å². The van der Waals surface area contributed by atoms with Gasteiger partial charge in [-0.05, 0) is 48.0 Å². The minimum Gasteiger partial charge on any atom is -0.422 e. The molecule has 0 amide bonds. The molecule has 2 heterocycles. The van der Waals surface area contributed by atoms with Crippen molar-refractivity contribution < 1.29 is 17.2 Å². The summed E-state index contributed by atoms with van der Waals surface area (Å²) in [4.78, 5) is 17.1. The zero-order chi connectivity index (χ0) is 25.3. The summed E-state index contributed by atoms with van der Waals surface area (Å²) < 4.78 is 47.7. The van der Waals surface area contributed by atoms with Gasteiger partial charge in [-0.3, -0.25) is 4.72 Å². The van der Waals surface area contributed by atoms with Crippen LogP contribution in [-0.2, 0) is 10.0 Å². The zero-order valence-electron chi connectivity index (χ0n) is 18.5. The Morgan fingerprint density at radius 1 is 0.889 bits per heavy atom. The Kier molecular flexibility index (Phi) is 5.80. The standard InChI is InChI=1S/C27H16FN3O4S/c28-19-11-12-25-18(13-19)14-22(27(32)35-25)24-15-21(17-7-3-1-4-8-17)23(16-29)26(30-24)31-36(33,34)20-9-5-2-6-10-20/h1-15H,(H,30,31). The van der Waals surface area contributed by atoms with E-state index in [0.29, 0.717) is 16.5 Å². The average molecular weight is 498 g/mol. The van der Waals surface area contributed by atoms with Gasteiger partial charge in [0.25, 0.3) is 10.0 Å². The SMILES string of the molecule is N#Cc1c(-c2ccccc2)cc(-c2cc3cc(F)ccc3oc2=O)nc1NS(=O)(=O)c1ccccc1. The number of pyridine rings is 1. The molecular formula is C27H16FN3O4S. The van der Waals surface area contributed by atoms with Crippen molar-refractivity contribution in [3.05, 3.63) is 113 Å². The maximum Gasteiger partial charge on any atom is 0.345 e. The lowest BCUT2D eigenvalue weighted by Crippen LogP contribution is -2.16. The Labute approximate surface area is 205 Å². The van der Waals surface area contributed by atoms with E-state index >= 15 is 0 Å². The summed E-state index contributed by atoms with van der Waals surface area (Å²) >= 11 is 0. The van der Waals surface area contributed by atoms with Crippen LogP contribution >= 0.6 is 0 Å². The molecule has 0 saturated heterocycles. The van der Waals surface area contributed by atoms with Gasteiger partial charge >= 0.3 is 5.63 Å². The van der Waals surface area contributed by atoms with Crippen LogP contribution in [0.2, 0.25) is 0 Å². The van der Waals surface area contributed by atoms with Gasteiger partial charge in [-0.15, -0.1) is 0 Å². The fourth-order valence-electron chi connectivity index (χ4n) is 3.77. The molecule has 0 aliphatic heterocycles. The highest BCUT2D eigenvalue weighted by molar-refractivity contribution is 7.92. The number of nitrogens with zero attached hydrogens (tertiary/aromatic N) is 2. The van der Waals surface area contributed by atoms with E-state index in [2.05, 4.69) is 9.71 Å². The van der Waals surface area contributed by atoms with E-state index in [4.69, 9.17) is 4.42 Å². The van der Waals surface area contributed by atoms with Crippen LogP contribution < -0.4 is 10.3 Å². The fourth-order valence-corrected chi connectivity index (χ4v) is 4.81. The van der Waals surface area contributed by atoms with Crippen molar-refractivity contribution in [2.75, 3.05) is 4.72 Å². The monoisotopic (exact) mass is 497 g/mol. The van der Waals surface area contributed by atoms with Gasteiger partial charge in [0.05, 0.1) is 16.2 Å². The lowest BCUT2D eigenvalue weighted by atomic mass is 9.98. The summed E-state index contributed by atoms with van der Waals surface area (Å²) in [6.45, 7) is 0. The van der Waals surface area contributed by atoms with E-state index in [-0.39, 0.29) is 33.1 Å². The van der Waals surface area contributed by atoms with E-state index in [0.717, 1.165) is 0 Å². The molecule has 0 spiro atoms. The summed E-state index contributed by atoms with van der Waals surface area (Å²) in [6, 6.07) is 25.1. The van der Waals surface area contributed by atoms with Crippen LogP contribution in [0.1, 0.15) is 5.56 Å². The third kappa shape index (κ3) is 4.33. The van der Waals surface area contributed by atoms with Gasteiger partial charge in [0.15, 0.2) is 5.82 Å². The lowest BCUT2D eigenvalue weighted by molar-refractivity contribution is 0.560. The number of hydrogen-bond acceptors (Lipinski definition) is 6. The second-order valence-corrected chi connectivity index (χ2v) is 9.49. The summed E-state index contributed by atoms with van der Waals surface area (Å²) in [5, 5.41) is 10.3. The number of aromatic nitrogens is 1. The zero-order valence-corrected chi connectivity index (χ0v) is 19.3. The van der Waals surface area contributed by atoms with Gasteiger partial charge in [0.2, 0.25) is 0 Å². The van der Waals surface area contributed by atoms with Gasteiger partial charge in [0, 0.05) is 10.9 Å². The molecule has 0 atom stereocenters. The van der Waals surface area contributed by atoms with E-state index < -0.39 is 21.5 Å².